The van der Waals surface area contributed by atoms with Gasteiger partial charge < -0.3 is 11.1 Å². The van der Waals surface area contributed by atoms with E-state index in [4.69, 9.17) is 28.9 Å². The second-order valence-electron chi connectivity index (χ2n) is 4.71. The summed E-state index contributed by atoms with van der Waals surface area (Å²) in [5.74, 6) is -0.849. The van der Waals surface area contributed by atoms with E-state index in [2.05, 4.69) is 10.0 Å². The summed E-state index contributed by atoms with van der Waals surface area (Å²) in [6, 6.07) is 2.92. The fourth-order valence-corrected chi connectivity index (χ4v) is 4.17. The van der Waals surface area contributed by atoms with Crippen molar-refractivity contribution in [2.45, 2.75) is 17.4 Å². The van der Waals surface area contributed by atoms with Gasteiger partial charge in [0.1, 0.15) is 10.9 Å². The highest BCUT2D eigenvalue weighted by Gasteiger charge is 2.27. The van der Waals surface area contributed by atoms with E-state index in [0.29, 0.717) is 5.75 Å². The minimum atomic E-state index is -4.08. The van der Waals surface area contributed by atoms with E-state index >= 15 is 0 Å². The molecule has 0 radical (unpaired) electrons. The van der Waals surface area contributed by atoms with Crippen LogP contribution in [0.15, 0.2) is 23.1 Å². The number of amides is 2. The fourth-order valence-electron chi connectivity index (χ4n) is 1.71. The van der Waals surface area contributed by atoms with Crippen LogP contribution >= 0.6 is 35.0 Å². The highest BCUT2D eigenvalue weighted by molar-refractivity contribution is 7.98. The summed E-state index contributed by atoms with van der Waals surface area (Å²) in [5.41, 5.74) is 4.97. The van der Waals surface area contributed by atoms with Gasteiger partial charge in [0, 0.05) is 5.02 Å². The van der Waals surface area contributed by atoms with E-state index in [1.807, 2.05) is 6.26 Å². The molecule has 1 aromatic rings. The SMILES string of the molecule is CSCC[C@H](NS(=O)(=O)c1cc(Cl)ccc1Cl)C(=O)NCC(N)=O. The van der Waals surface area contributed by atoms with Gasteiger partial charge in [0.2, 0.25) is 21.8 Å². The van der Waals surface area contributed by atoms with Crippen LogP contribution in [-0.2, 0) is 19.6 Å². The van der Waals surface area contributed by atoms with Gasteiger partial charge in [0.25, 0.3) is 0 Å². The zero-order chi connectivity index (χ0) is 18.3. The van der Waals surface area contributed by atoms with E-state index in [-0.39, 0.29) is 27.9 Å². The van der Waals surface area contributed by atoms with Gasteiger partial charge in [-0.05, 0) is 36.6 Å². The first-order valence-corrected chi connectivity index (χ1v) is 10.3. The lowest BCUT2D eigenvalue weighted by molar-refractivity contribution is -0.125. The summed E-state index contributed by atoms with van der Waals surface area (Å²) in [4.78, 5) is 22.6. The Kier molecular flexibility index (Phi) is 8.31. The Morgan fingerprint density at radius 1 is 1.33 bits per heavy atom. The number of carbonyl (C=O) groups is 2. The molecule has 0 saturated heterocycles. The number of carbonyl (C=O) groups excluding carboxylic acids is 2. The molecule has 7 nitrogen and oxygen atoms in total. The lowest BCUT2D eigenvalue weighted by Crippen LogP contribution is -2.48. The molecule has 0 saturated carbocycles. The number of nitrogens with two attached hydrogens (primary N) is 1. The van der Waals surface area contributed by atoms with Gasteiger partial charge in [-0.2, -0.15) is 16.5 Å². The molecule has 1 aromatic carbocycles. The second kappa shape index (κ2) is 9.47. The molecule has 11 heteroatoms. The zero-order valence-corrected chi connectivity index (χ0v) is 15.9. The molecule has 0 unspecified atom stereocenters. The van der Waals surface area contributed by atoms with Crippen molar-refractivity contribution in [3.05, 3.63) is 28.2 Å². The first-order chi connectivity index (χ1) is 11.2. The highest BCUT2D eigenvalue weighted by atomic mass is 35.5. The molecule has 0 bridgehead atoms. The molecule has 134 valence electrons. The summed E-state index contributed by atoms with van der Waals surface area (Å²) in [5, 5.41) is 2.46. The molecule has 2 amide bonds. The van der Waals surface area contributed by atoms with Crippen molar-refractivity contribution in [3.8, 4) is 0 Å². The minimum absolute atomic E-state index is 0.0203. The molecule has 1 rings (SSSR count). The third-order valence-corrected chi connectivity index (χ3v) is 5.68. The molecule has 0 aliphatic carbocycles. The van der Waals surface area contributed by atoms with Crippen molar-refractivity contribution < 1.29 is 18.0 Å². The molecule has 0 heterocycles. The largest absolute Gasteiger partial charge is 0.368 e. The Labute approximate surface area is 154 Å². The van der Waals surface area contributed by atoms with Crippen LogP contribution < -0.4 is 15.8 Å². The van der Waals surface area contributed by atoms with Crippen molar-refractivity contribution in [2.75, 3.05) is 18.6 Å². The number of rotatable bonds is 9. The molecule has 4 N–H and O–H groups in total. The van der Waals surface area contributed by atoms with E-state index < -0.39 is 27.9 Å². The number of sulfonamides is 1. The Morgan fingerprint density at radius 3 is 2.58 bits per heavy atom. The maximum atomic E-state index is 12.5. The van der Waals surface area contributed by atoms with Crippen molar-refractivity contribution in [2.24, 2.45) is 5.73 Å². The van der Waals surface area contributed by atoms with Crippen LogP contribution in [0.1, 0.15) is 6.42 Å². The topological polar surface area (TPSA) is 118 Å². The molecular weight excluding hydrogens is 397 g/mol. The summed E-state index contributed by atoms with van der Waals surface area (Å²) in [6.07, 6.45) is 2.05. The number of primary amides is 1. The van der Waals surface area contributed by atoms with Crippen LogP contribution in [-0.4, -0.2) is 44.8 Å². The van der Waals surface area contributed by atoms with Crippen LogP contribution in [0.2, 0.25) is 10.0 Å². The standard InChI is InChI=1S/C13H17Cl2N3O4S2/c1-23-5-4-10(13(20)17-7-12(16)19)18-24(21,22)11-6-8(14)2-3-9(11)15/h2-3,6,10,18H,4-5,7H2,1H3,(H2,16,19)(H,17,20)/t10-/m0/s1. The lowest BCUT2D eigenvalue weighted by Gasteiger charge is -2.18. The fraction of sp³-hybridized carbons (Fsp3) is 0.385. The molecule has 0 aromatic heterocycles. The van der Waals surface area contributed by atoms with Gasteiger partial charge in [-0.3, -0.25) is 9.59 Å². The molecular formula is C13H17Cl2N3O4S2. The molecule has 0 spiro atoms. The number of halogens is 2. The first kappa shape index (κ1) is 21.0. The van der Waals surface area contributed by atoms with Gasteiger partial charge in [-0.25, -0.2) is 8.42 Å². The Hall–Kier alpha value is -1.00. The van der Waals surface area contributed by atoms with Crippen LogP contribution in [0.5, 0.6) is 0 Å². The van der Waals surface area contributed by atoms with E-state index in [9.17, 15) is 18.0 Å². The van der Waals surface area contributed by atoms with Crippen molar-refractivity contribution in [3.63, 3.8) is 0 Å². The van der Waals surface area contributed by atoms with Crippen molar-refractivity contribution >= 4 is 56.8 Å². The number of hydrogen-bond donors (Lipinski definition) is 3. The van der Waals surface area contributed by atoms with Crippen LogP contribution in [0, 0.1) is 0 Å². The van der Waals surface area contributed by atoms with Crippen LogP contribution in [0.3, 0.4) is 0 Å². The maximum absolute atomic E-state index is 12.5. The number of benzene rings is 1. The highest BCUT2D eigenvalue weighted by Crippen LogP contribution is 2.25. The molecule has 24 heavy (non-hydrogen) atoms. The Balaban J connectivity index is 3.00. The minimum Gasteiger partial charge on any atom is -0.368 e. The number of thioether (sulfide) groups is 1. The van der Waals surface area contributed by atoms with Crippen molar-refractivity contribution in [1.29, 1.82) is 0 Å². The quantitative estimate of drug-likeness (QED) is 0.557. The lowest BCUT2D eigenvalue weighted by atomic mass is 10.2. The van der Waals surface area contributed by atoms with E-state index in [1.165, 1.54) is 30.0 Å². The van der Waals surface area contributed by atoms with Crippen molar-refractivity contribution in [1.82, 2.24) is 10.0 Å². The molecule has 0 aliphatic rings. The zero-order valence-electron chi connectivity index (χ0n) is 12.7. The summed E-state index contributed by atoms with van der Waals surface area (Å²) in [7, 11) is -4.08. The van der Waals surface area contributed by atoms with E-state index in [0.717, 1.165) is 0 Å². The summed E-state index contributed by atoms with van der Waals surface area (Å²) >= 11 is 13.2. The molecule has 0 aliphatic heterocycles. The van der Waals surface area contributed by atoms with Crippen LogP contribution in [0.25, 0.3) is 0 Å². The van der Waals surface area contributed by atoms with Crippen LogP contribution in [0.4, 0.5) is 0 Å². The third-order valence-electron chi connectivity index (χ3n) is 2.84. The molecule has 0 fully saturated rings. The monoisotopic (exact) mass is 413 g/mol. The Bertz CT molecular complexity index is 713. The van der Waals surface area contributed by atoms with E-state index in [1.54, 1.807) is 0 Å². The Morgan fingerprint density at radius 2 is 2.00 bits per heavy atom. The molecule has 1 atom stereocenters. The average Bonchev–Trinajstić information content (AvgIpc) is 2.51. The normalized spacial score (nSPS) is 12.6. The summed E-state index contributed by atoms with van der Waals surface area (Å²) < 4.78 is 27.3. The first-order valence-electron chi connectivity index (χ1n) is 6.69. The van der Waals surface area contributed by atoms with Gasteiger partial charge in [0.15, 0.2) is 0 Å². The van der Waals surface area contributed by atoms with Gasteiger partial charge in [0.05, 0.1) is 11.6 Å². The van der Waals surface area contributed by atoms with Gasteiger partial charge in [-0.15, -0.1) is 0 Å². The van der Waals surface area contributed by atoms with Gasteiger partial charge in [-0.1, -0.05) is 23.2 Å². The predicted octanol–water partition coefficient (Wildman–Crippen LogP) is 0.995. The smallest absolute Gasteiger partial charge is 0.242 e. The third kappa shape index (κ3) is 6.48. The number of nitrogens with one attached hydrogen (secondary N) is 2. The average molecular weight is 414 g/mol. The number of hydrogen-bond acceptors (Lipinski definition) is 5. The summed E-state index contributed by atoms with van der Waals surface area (Å²) in [6.45, 7) is -0.381. The predicted molar refractivity (Wildman–Crippen MR) is 95.8 cm³/mol. The second-order valence-corrected chi connectivity index (χ2v) is 8.23. The van der Waals surface area contributed by atoms with Gasteiger partial charge >= 0.3 is 0 Å². The maximum Gasteiger partial charge on any atom is 0.242 e.